The van der Waals surface area contributed by atoms with Gasteiger partial charge in [-0.05, 0) is 48.9 Å². The first kappa shape index (κ1) is 22.1. The summed E-state index contributed by atoms with van der Waals surface area (Å²) < 4.78 is 29.7. The standard InChI is InChI=1S/C24H23FN4O4/c1-5-12-29-14(2)20(23-27-22(28-33-23)15-6-9-17(25)10-7-15)21(26-24(29)30)16-8-11-18(31-3)19(13-16)32-4/h5-11,13,21H,1,12H2,2-4H3,(H,26,30). The largest absolute Gasteiger partial charge is 0.493 e. The lowest BCUT2D eigenvalue weighted by Crippen LogP contribution is -2.46. The second-order valence-electron chi connectivity index (χ2n) is 7.33. The fourth-order valence-corrected chi connectivity index (χ4v) is 3.74. The number of hydrogen-bond donors (Lipinski definition) is 1. The van der Waals surface area contributed by atoms with Crippen molar-refractivity contribution >= 4 is 11.6 Å². The van der Waals surface area contributed by atoms with Crippen molar-refractivity contribution in [2.75, 3.05) is 20.8 Å². The van der Waals surface area contributed by atoms with Crippen LogP contribution in [0.3, 0.4) is 0 Å². The second kappa shape index (κ2) is 9.15. The van der Waals surface area contributed by atoms with E-state index in [9.17, 15) is 9.18 Å². The minimum atomic E-state index is -0.583. The number of halogens is 1. The molecule has 1 unspecified atom stereocenters. The van der Waals surface area contributed by atoms with Crippen LogP contribution in [0.4, 0.5) is 9.18 Å². The van der Waals surface area contributed by atoms with E-state index in [1.807, 2.05) is 13.0 Å². The van der Waals surface area contributed by atoms with Crippen molar-refractivity contribution in [1.82, 2.24) is 20.4 Å². The van der Waals surface area contributed by atoms with Crippen LogP contribution in [0.1, 0.15) is 24.4 Å². The maximum absolute atomic E-state index is 13.3. The lowest BCUT2D eigenvalue weighted by atomic mass is 9.94. The van der Waals surface area contributed by atoms with E-state index in [0.29, 0.717) is 40.7 Å². The van der Waals surface area contributed by atoms with Crippen LogP contribution in [0.15, 0.2) is 65.3 Å². The fourth-order valence-electron chi connectivity index (χ4n) is 3.74. The van der Waals surface area contributed by atoms with E-state index < -0.39 is 6.04 Å². The Morgan fingerprint density at radius 2 is 1.91 bits per heavy atom. The minimum Gasteiger partial charge on any atom is -0.493 e. The molecule has 1 aliphatic rings. The van der Waals surface area contributed by atoms with Gasteiger partial charge in [0.15, 0.2) is 11.5 Å². The van der Waals surface area contributed by atoms with E-state index >= 15 is 0 Å². The molecule has 1 aromatic heterocycles. The van der Waals surface area contributed by atoms with E-state index in [0.717, 1.165) is 5.56 Å². The van der Waals surface area contributed by atoms with Gasteiger partial charge in [0.1, 0.15) is 5.82 Å². The summed E-state index contributed by atoms with van der Waals surface area (Å²) in [5.41, 5.74) is 2.63. The number of ether oxygens (including phenoxy) is 2. The Bertz CT molecular complexity index is 1220. The first-order chi connectivity index (χ1) is 16.0. The van der Waals surface area contributed by atoms with Crippen molar-refractivity contribution in [2.45, 2.75) is 13.0 Å². The zero-order chi connectivity index (χ0) is 23.5. The van der Waals surface area contributed by atoms with Gasteiger partial charge in [0.05, 0.1) is 25.8 Å². The first-order valence-corrected chi connectivity index (χ1v) is 10.2. The van der Waals surface area contributed by atoms with E-state index in [-0.39, 0.29) is 17.7 Å². The summed E-state index contributed by atoms with van der Waals surface area (Å²) in [5.74, 6) is 1.27. The zero-order valence-corrected chi connectivity index (χ0v) is 18.5. The van der Waals surface area contributed by atoms with Crippen molar-refractivity contribution in [1.29, 1.82) is 0 Å². The van der Waals surface area contributed by atoms with Crippen molar-refractivity contribution < 1.29 is 23.2 Å². The molecule has 170 valence electrons. The molecule has 33 heavy (non-hydrogen) atoms. The molecule has 3 aromatic rings. The molecule has 1 N–H and O–H groups in total. The Morgan fingerprint density at radius 1 is 1.18 bits per heavy atom. The summed E-state index contributed by atoms with van der Waals surface area (Å²) in [6, 6.07) is 10.3. The maximum Gasteiger partial charge on any atom is 0.322 e. The fraction of sp³-hybridized carbons (Fsp3) is 0.208. The highest BCUT2D eigenvalue weighted by Crippen LogP contribution is 2.40. The predicted octanol–water partition coefficient (Wildman–Crippen LogP) is 4.58. The molecule has 0 spiro atoms. The normalized spacial score (nSPS) is 15.9. The zero-order valence-electron chi connectivity index (χ0n) is 18.5. The maximum atomic E-state index is 13.3. The van der Waals surface area contributed by atoms with E-state index in [2.05, 4.69) is 22.0 Å². The van der Waals surface area contributed by atoms with Crippen LogP contribution >= 0.6 is 0 Å². The number of nitrogens with zero attached hydrogens (tertiary/aromatic N) is 3. The number of benzene rings is 2. The van der Waals surface area contributed by atoms with Gasteiger partial charge in [-0.3, -0.25) is 4.90 Å². The van der Waals surface area contributed by atoms with E-state index in [1.54, 1.807) is 49.5 Å². The molecule has 9 heteroatoms. The Labute approximate surface area is 190 Å². The average molecular weight is 450 g/mol. The number of methoxy groups -OCH3 is 2. The van der Waals surface area contributed by atoms with Gasteiger partial charge in [-0.25, -0.2) is 9.18 Å². The van der Waals surface area contributed by atoms with Crippen molar-refractivity contribution in [2.24, 2.45) is 0 Å². The SMILES string of the molecule is C=CCN1C(=O)NC(c2ccc(OC)c(OC)c2)C(c2nc(-c3ccc(F)cc3)no2)=C1C. The van der Waals surface area contributed by atoms with E-state index in [4.69, 9.17) is 14.0 Å². The van der Waals surface area contributed by atoms with Crippen LogP contribution in [0.2, 0.25) is 0 Å². The number of urea groups is 1. The number of allylic oxidation sites excluding steroid dienone is 1. The summed E-state index contributed by atoms with van der Waals surface area (Å²) in [5, 5.41) is 7.07. The van der Waals surface area contributed by atoms with Crippen LogP contribution in [0.25, 0.3) is 17.0 Å². The quantitative estimate of drug-likeness (QED) is 0.530. The average Bonchev–Trinajstić information content (AvgIpc) is 3.31. The molecule has 1 atom stereocenters. The monoisotopic (exact) mass is 450 g/mol. The molecule has 0 aliphatic carbocycles. The molecule has 0 fully saturated rings. The predicted molar refractivity (Wildman–Crippen MR) is 120 cm³/mol. The van der Waals surface area contributed by atoms with Gasteiger partial charge in [-0.1, -0.05) is 17.3 Å². The highest BCUT2D eigenvalue weighted by molar-refractivity contribution is 5.87. The molecule has 1 aliphatic heterocycles. The molecular weight excluding hydrogens is 427 g/mol. The first-order valence-electron chi connectivity index (χ1n) is 10.2. The minimum absolute atomic E-state index is 0.237. The van der Waals surface area contributed by atoms with Crippen LogP contribution in [-0.4, -0.2) is 41.8 Å². The highest BCUT2D eigenvalue weighted by atomic mass is 19.1. The molecule has 0 radical (unpaired) electrons. The summed E-state index contributed by atoms with van der Waals surface area (Å²) in [4.78, 5) is 18.9. The number of amides is 2. The number of rotatable bonds is 7. The molecule has 0 saturated heterocycles. The Kier molecular flexibility index (Phi) is 6.12. The van der Waals surface area contributed by atoms with Gasteiger partial charge in [0.25, 0.3) is 5.89 Å². The smallest absolute Gasteiger partial charge is 0.322 e. The third kappa shape index (κ3) is 4.17. The lowest BCUT2D eigenvalue weighted by molar-refractivity contribution is 0.209. The summed E-state index contributed by atoms with van der Waals surface area (Å²) in [6.45, 7) is 5.85. The number of hydrogen-bond acceptors (Lipinski definition) is 6. The molecule has 2 heterocycles. The van der Waals surface area contributed by atoms with Gasteiger partial charge in [-0.2, -0.15) is 4.98 Å². The number of carbonyl (C=O) groups excluding carboxylic acids is 1. The molecule has 4 rings (SSSR count). The van der Waals surface area contributed by atoms with Gasteiger partial charge >= 0.3 is 6.03 Å². The number of aromatic nitrogens is 2. The molecule has 0 saturated carbocycles. The lowest BCUT2D eigenvalue weighted by Gasteiger charge is -2.34. The molecule has 8 nitrogen and oxygen atoms in total. The van der Waals surface area contributed by atoms with Gasteiger partial charge in [0.2, 0.25) is 5.82 Å². The Balaban J connectivity index is 1.82. The molecule has 2 amide bonds. The summed E-state index contributed by atoms with van der Waals surface area (Å²) in [6.07, 6.45) is 1.63. The van der Waals surface area contributed by atoms with Crippen molar-refractivity contribution in [3.63, 3.8) is 0 Å². The third-order valence-electron chi connectivity index (χ3n) is 5.41. The second-order valence-corrected chi connectivity index (χ2v) is 7.33. The number of nitrogens with one attached hydrogen (secondary N) is 1. The Hall–Kier alpha value is -4.14. The molecule has 0 bridgehead atoms. The third-order valence-corrected chi connectivity index (χ3v) is 5.41. The van der Waals surface area contributed by atoms with Crippen molar-refractivity contribution in [3.8, 4) is 22.9 Å². The summed E-state index contributed by atoms with van der Waals surface area (Å²) >= 11 is 0. The van der Waals surface area contributed by atoms with Gasteiger partial charge in [0, 0.05) is 17.8 Å². The molecular formula is C24H23FN4O4. The van der Waals surface area contributed by atoms with Crippen LogP contribution in [0, 0.1) is 5.82 Å². The van der Waals surface area contributed by atoms with E-state index in [1.165, 1.54) is 12.1 Å². The van der Waals surface area contributed by atoms with Gasteiger partial charge < -0.3 is 19.3 Å². The number of carbonyl (C=O) groups is 1. The van der Waals surface area contributed by atoms with Gasteiger partial charge in [-0.15, -0.1) is 6.58 Å². The highest BCUT2D eigenvalue weighted by Gasteiger charge is 2.35. The Morgan fingerprint density at radius 3 is 2.58 bits per heavy atom. The van der Waals surface area contributed by atoms with Crippen LogP contribution < -0.4 is 14.8 Å². The van der Waals surface area contributed by atoms with Crippen molar-refractivity contribution in [3.05, 3.63) is 78.1 Å². The summed E-state index contributed by atoms with van der Waals surface area (Å²) in [7, 11) is 3.10. The topological polar surface area (TPSA) is 89.7 Å². The van der Waals surface area contributed by atoms with Crippen LogP contribution in [0.5, 0.6) is 11.5 Å². The van der Waals surface area contributed by atoms with Crippen LogP contribution in [-0.2, 0) is 0 Å². The molecule has 2 aromatic carbocycles.